The summed E-state index contributed by atoms with van der Waals surface area (Å²) >= 11 is 0. The van der Waals surface area contributed by atoms with E-state index in [0.29, 0.717) is 18.8 Å². The third-order valence-corrected chi connectivity index (χ3v) is 4.56. The summed E-state index contributed by atoms with van der Waals surface area (Å²) in [5.41, 5.74) is 4.83. The molecule has 4 heteroatoms. The molecule has 2 aliphatic carbocycles. The van der Waals surface area contributed by atoms with E-state index in [0.717, 1.165) is 31.6 Å². The van der Waals surface area contributed by atoms with Crippen molar-refractivity contribution in [3.05, 3.63) is 0 Å². The van der Waals surface area contributed by atoms with Crippen molar-refractivity contribution in [2.75, 3.05) is 6.61 Å². The molecule has 0 aromatic rings. The van der Waals surface area contributed by atoms with E-state index in [1.807, 2.05) is 6.92 Å². The second-order valence-corrected chi connectivity index (χ2v) is 6.49. The minimum Gasteiger partial charge on any atom is -0.376 e. The highest BCUT2D eigenvalue weighted by molar-refractivity contribution is 5.84. The molecule has 1 amide bonds. The van der Waals surface area contributed by atoms with Crippen LogP contribution in [0, 0.1) is 5.92 Å². The first kappa shape index (κ1) is 14.8. The average Bonchev–Trinajstić information content (AvgIpc) is 3.20. The van der Waals surface area contributed by atoms with E-state index in [1.165, 1.54) is 19.3 Å². The monoisotopic (exact) mass is 268 g/mol. The Hall–Kier alpha value is -0.610. The quantitative estimate of drug-likeness (QED) is 0.742. The van der Waals surface area contributed by atoms with Gasteiger partial charge in [-0.1, -0.05) is 26.2 Å². The van der Waals surface area contributed by atoms with E-state index in [2.05, 4.69) is 12.2 Å². The molecule has 0 bridgehead atoms. The maximum absolute atomic E-state index is 11.7. The van der Waals surface area contributed by atoms with E-state index in [1.54, 1.807) is 0 Å². The summed E-state index contributed by atoms with van der Waals surface area (Å²) in [5.74, 6) is 0.484. The molecule has 3 atom stereocenters. The predicted molar refractivity (Wildman–Crippen MR) is 75.7 cm³/mol. The highest BCUT2D eigenvalue weighted by atomic mass is 16.5. The predicted octanol–water partition coefficient (Wildman–Crippen LogP) is 1.97. The Bertz CT molecular complexity index is 317. The minimum absolute atomic E-state index is 0.303. The molecule has 2 saturated carbocycles. The number of carbonyl (C=O) groups is 1. The fraction of sp³-hybridized carbons (Fsp3) is 0.933. The van der Waals surface area contributed by atoms with Crippen molar-refractivity contribution in [3.8, 4) is 0 Å². The molecular weight excluding hydrogens is 240 g/mol. The van der Waals surface area contributed by atoms with Crippen LogP contribution in [-0.4, -0.2) is 30.2 Å². The molecule has 0 saturated heterocycles. The number of nitrogens with one attached hydrogen (secondary N) is 1. The van der Waals surface area contributed by atoms with Crippen molar-refractivity contribution in [1.29, 1.82) is 0 Å². The summed E-state index contributed by atoms with van der Waals surface area (Å²) in [5, 5.41) is 3.33. The Labute approximate surface area is 116 Å². The van der Waals surface area contributed by atoms with Gasteiger partial charge >= 0.3 is 0 Å². The van der Waals surface area contributed by atoms with Crippen molar-refractivity contribution in [2.24, 2.45) is 11.7 Å². The number of amides is 1. The Morgan fingerprint density at radius 3 is 2.68 bits per heavy atom. The van der Waals surface area contributed by atoms with Crippen molar-refractivity contribution in [2.45, 2.75) is 76.5 Å². The number of hydrogen-bond acceptors (Lipinski definition) is 3. The summed E-state index contributed by atoms with van der Waals surface area (Å²) in [7, 11) is 0. The van der Waals surface area contributed by atoms with Crippen LogP contribution in [0.4, 0.5) is 0 Å². The first-order valence-corrected chi connectivity index (χ1v) is 7.72. The van der Waals surface area contributed by atoms with Gasteiger partial charge in [0, 0.05) is 6.04 Å². The molecule has 2 aliphatic rings. The van der Waals surface area contributed by atoms with Gasteiger partial charge in [0.25, 0.3) is 0 Å². The van der Waals surface area contributed by atoms with Gasteiger partial charge in [-0.15, -0.1) is 0 Å². The van der Waals surface area contributed by atoms with Gasteiger partial charge in [-0.2, -0.15) is 0 Å². The van der Waals surface area contributed by atoms with E-state index >= 15 is 0 Å². The van der Waals surface area contributed by atoms with Gasteiger partial charge in [0.2, 0.25) is 5.91 Å². The van der Waals surface area contributed by atoms with Gasteiger partial charge in [0.15, 0.2) is 0 Å². The zero-order valence-electron chi connectivity index (χ0n) is 12.3. The largest absolute Gasteiger partial charge is 0.376 e. The van der Waals surface area contributed by atoms with Crippen LogP contribution in [0.25, 0.3) is 0 Å². The maximum Gasteiger partial charge on any atom is 0.239 e. The average molecular weight is 268 g/mol. The normalized spacial score (nSPS) is 30.8. The van der Waals surface area contributed by atoms with Crippen LogP contribution in [0.5, 0.6) is 0 Å². The molecule has 3 N–H and O–H groups in total. The van der Waals surface area contributed by atoms with Crippen LogP contribution in [-0.2, 0) is 9.53 Å². The highest BCUT2D eigenvalue weighted by Gasteiger charge is 2.38. The summed E-state index contributed by atoms with van der Waals surface area (Å²) < 4.78 is 6.01. The molecule has 0 heterocycles. The minimum atomic E-state index is -0.708. The summed E-state index contributed by atoms with van der Waals surface area (Å²) in [6.45, 7) is 4.52. The molecule has 2 fully saturated rings. The molecular formula is C15H28N2O2. The zero-order chi connectivity index (χ0) is 13.9. The van der Waals surface area contributed by atoms with Gasteiger partial charge in [-0.05, 0) is 38.5 Å². The molecule has 110 valence electrons. The van der Waals surface area contributed by atoms with Gasteiger partial charge in [0.05, 0.1) is 12.7 Å². The number of primary amides is 1. The summed E-state index contributed by atoms with van der Waals surface area (Å²) in [6, 6.07) is 0.454. The molecule has 2 rings (SSSR count). The second-order valence-electron chi connectivity index (χ2n) is 6.49. The van der Waals surface area contributed by atoms with E-state index in [-0.39, 0.29) is 5.91 Å². The fourth-order valence-corrected chi connectivity index (χ4v) is 2.91. The third-order valence-electron chi connectivity index (χ3n) is 4.56. The Morgan fingerprint density at radius 1 is 1.37 bits per heavy atom. The molecule has 0 aliphatic heterocycles. The number of rotatable bonds is 7. The Balaban J connectivity index is 1.82. The lowest BCUT2D eigenvalue weighted by Gasteiger charge is -2.33. The van der Waals surface area contributed by atoms with Crippen molar-refractivity contribution in [3.63, 3.8) is 0 Å². The Morgan fingerprint density at radius 2 is 2.11 bits per heavy atom. The van der Waals surface area contributed by atoms with E-state index in [9.17, 15) is 4.79 Å². The van der Waals surface area contributed by atoms with E-state index in [4.69, 9.17) is 10.5 Å². The van der Waals surface area contributed by atoms with Crippen molar-refractivity contribution < 1.29 is 9.53 Å². The molecule has 19 heavy (non-hydrogen) atoms. The topological polar surface area (TPSA) is 64.3 Å². The van der Waals surface area contributed by atoms with Crippen molar-refractivity contribution >= 4 is 5.91 Å². The third kappa shape index (κ3) is 4.18. The summed E-state index contributed by atoms with van der Waals surface area (Å²) in [6.07, 6.45) is 8.64. The first-order valence-electron chi connectivity index (χ1n) is 7.72. The van der Waals surface area contributed by atoms with Gasteiger partial charge < -0.3 is 10.5 Å². The lowest BCUT2D eigenvalue weighted by molar-refractivity contribution is -0.128. The van der Waals surface area contributed by atoms with Crippen LogP contribution in [0.3, 0.4) is 0 Å². The molecule has 0 aromatic heterocycles. The van der Waals surface area contributed by atoms with Crippen LogP contribution >= 0.6 is 0 Å². The number of nitrogens with two attached hydrogens (primary N) is 1. The summed E-state index contributed by atoms with van der Waals surface area (Å²) in [4.78, 5) is 11.7. The molecule has 0 spiro atoms. The maximum atomic E-state index is 11.7. The van der Waals surface area contributed by atoms with Crippen LogP contribution < -0.4 is 11.1 Å². The SMILES string of the molecule is CCC1CCCC(OCC(C)(NC2CC2)C(N)=O)C1. The van der Waals surface area contributed by atoms with Gasteiger partial charge in [-0.25, -0.2) is 0 Å². The molecule has 0 radical (unpaired) electrons. The fourth-order valence-electron chi connectivity index (χ4n) is 2.91. The lowest BCUT2D eigenvalue weighted by Crippen LogP contribution is -2.57. The van der Waals surface area contributed by atoms with E-state index < -0.39 is 5.54 Å². The lowest BCUT2D eigenvalue weighted by atomic mass is 9.85. The number of ether oxygens (including phenoxy) is 1. The van der Waals surface area contributed by atoms with Crippen LogP contribution in [0.2, 0.25) is 0 Å². The zero-order valence-corrected chi connectivity index (χ0v) is 12.3. The molecule has 3 unspecified atom stereocenters. The smallest absolute Gasteiger partial charge is 0.239 e. The van der Waals surface area contributed by atoms with Gasteiger partial charge in [0.1, 0.15) is 5.54 Å². The highest BCUT2D eigenvalue weighted by Crippen LogP contribution is 2.29. The van der Waals surface area contributed by atoms with Crippen LogP contribution in [0.15, 0.2) is 0 Å². The number of carbonyl (C=O) groups excluding carboxylic acids is 1. The second kappa shape index (κ2) is 6.23. The Kier molecular flexibility index (Phi) is 4.85. The first-order chi connectivity index (χ1) is 9.03. The van der Waals surface area contributed by atoms with Crippen molar-refractivity contribution in [1.82, 2.24) is 5.32 Å². The van der Waals surface area contributed by atoms with Crippen LogP contribution in [0.1, 0.15) is 58.8 Å². The standard InChI is InChI=1S/C15H28N2O2/c1-3-11-5-4-6-13(9-11)19-10-15(2,14(16)18)17-12-7-8-12/h11-13,17H,3-10H2,1-2H3,(H2,16,18). The number of hydrogen-bond donors (Lipinski definition) is 2. The molecule has 4 nitrogen and oxygen atoms in total. The van der Waals surface area contributed by atoms with Gasteiger partial charge in [-0.3, -0.25) is 10.1 Å². The molecule has 0 aromatic carbocycles.